The van der Waals surface area contributed by atoms with Crippen molar-refractivity contribution >= 4 is 16.8 Å². The molecule has 0 radical (unpaired) electrons. The number of amides is 1. The Morgan fingerprint density at radius 2 is 2.19 bits per heavy atom. The second-order valence-electron chi connectivity index (χ2n) is 3.82. The molecule has 0 aliphatic heterocycles. The van der Waals surface area contributed by atoms with E-state index in [-0.39, 0.29) is 5.56 Å². The van der Waals surface area contributed by atoms with Gasteiger partial charge in [-0.2, -0.15) is 0 Å². The molecule has 0 unspecified atom stereocenters. The minimum atomic E-state index is -0.617. The average molecular weight is 220 g/mol. The maximum atomic E-state index is 13.4. The molecular formula is C12H13FN2O. The molecule has 16 heavy (non-hydrogen) atoms. The molecule has 1 aromatic heterocycles. The SMILES string of the molecule is CCc1c(C)[nH]c2c(C(N)=O)cc(F)cc12. The zero-order valence-electron chi connectivity index (χ0n) is 9.23. The Balaban J connectivity index is 2.88. The molecule has 3 nitrogen and oxygen atoms in total. The number of rotatable bonds is 2. The van der Waals surface area contributed by atoms with Crippen LogP contribution < -0.4 is 5.73 Å². The van der Waals surface area contributed by atoms with E-state index in [1.807, 2.05) is 13.8 Å². The van der Waals surface area contributed by atoms with Crippen LogP contribution in [0, 0.1) is 12.7 Å². The van der Waals surface area contributed by atoms with E-state index in [0.717, 1.165) is 23.1 Å². The van der Waals surface area contributed by atoms with Crippen LogP contribution in [0.3, 0.4) is 0 Å². The highest BCUT2D eigenvalue weighted by Crippen LogP contribution is 2.26. The number of aromatic nitrogens is 1. The number of H-pyrrole nitrogens is 1. The van der Waals surface area contributed by atoms with E-state index < -0.39 is 11.7 Å². The average Bonchev–Trinajstić information content (AvgIpc) is 2.52. The first kappa shape index (κ1) is 10.7. The van der Waals surface area contributed by atoms with Crippen molar-refractivity contribution in [3.05, 3.63) is 34.8 Å². The molecule has 0 fully saturated rings. The van der Waals surface area contributed by atoms with E-state index in [4.69, 9.17) is 5.73 Å². The van der Waals surface area contributed by atoms with Crippen LogP contribution in [0.5, 0.6) is 0 Å². The van der Waals surface area contributed by atoms with Crippen molar-refractivity contribution in [1.29, 1.82) is 0 Å². The number of nitrogens with one attached hydrogen (secondary N) is 1. The fourth-order valence-electron chi connectivity index (χ4n) is 2.09. The lowest BCUT2D eigenvalue weighted by Crippen LogP contribution is -2.11. The van der Waals surface area contributed by atoms with Crippen LogP contribution in [0.2, 0.25) is 0 Å². The number of halogens is 1. The van der Waals surface area contributed by atoms with Gasteiger partial charge in [0.25, 0.3) is 5.91 Å². The molecule has 0 saturated carbocycles. The Morgan fingerprint density at radius 3 is 2.75 bits per heavy atom. The van der Waals surface area contributed by atoms with Crippen molar-refractivity contribution < 1.29 is 9.18 Å². The number of carbonyl (C=O) groups is 1. The fraction of sp³-hybridized carbons (Fsp3) is 0.250. The Hall–Kier alpha value is -1.84. The summed E-state index contributed by atoms with van der Waals surface area (Å²) in [6, 6.07) is 2.60. The predicted molar refractivity (Wildman–Crippen MR) is 60.9 cm³/mol. The molecule has 3 N–H and O–H groups in total. The number of fused-ring (bicyclic) bond motifs is 1. The van der Waals surface area contributed by atoms with E-state index >= 15 is 0 Å². The largest absolute Gasteiger partial charge is 0.366 e. The maximum absolute atomic E-state index is 13.4. The predicted octanol–water partition coefficient (Wildman–Crippen LogP) is 2.28. The van der Waals surface area contributed by atoms with Crippen LogP contribution in [0.4, 0.5) is 4.39 Å². The molecule has 0 spiro atoms. The highest BCUT2D eigenvalue weighted by atomic mass is 19.1. The Kier molecular flexibility index (Phi) is 2.42. The molecule has 1 heterocycles. The number of hydrogen-bond acceptors (Lipinski definition) is 1. The quantitative estimate of drug-likeness (QED) is 0.801. The molecule has 4 heteroatoms. The van der Waals surface area contributed by atoms with Gasteiger partial charge in [-0.05, 0) is 31.0 Å². The third kappa shape index (κ3) is 1.46. The lowest BCUT2D eigenvalue weighted by atomic mass is 10.1. The molecule has 1 aromatic carbocycles. The number of hydrogen-bond donors (Lipinski definition) is 2. The zero-order chi connectivity index (χ0) is 11.9. The van der Waals surface area contributed by atoms with Crippen molar-refractivity contribution in [2.75, 3.05) is 0 Å². The molecule has 0 atom stereocenters. The number of aromatic amines is 1. The standard InChI is InChI=1S/C12H13FN2O/c1-3-8-6(2)15-11-9(8)4-7(13)5-10(11)12(14)16/h4-5,15H,3H2,1-2H3,(H2,14,16). The minimum absolute atomic E-state index is 0.206. The van der Waals surface area contributed by atoms with Crippen LogP contribution in [0.25, 0.3) is 10.9 Å². The molecule has 0 aliphatic rings. The summed E-state index contributed by atoms with van der Waals surface area (Å²) in [5, 5.41) is 0.744. The monoisotopic (exact) mass is 220 g/mol. The highest BCUT2D eigenvalue weighted by Gasteiger charge is 2.14. The van der Waals surface area contributed by atoms with Gasteiger partial charge in [-0.15, -0.1) is 0 Å². The first-order valence-electron chi connectivity index (χ1n) is 5.15. The molecule has 0 saturated heterocycles. The first-order chi connectivity index (χ1) is 7.54. The minimum Gasteiger partial charge on any atom is -0.366 e. The third-order valence-electron chi connectivity index (χ3n) is 2.81. The van der Waals surface area contributed by atoms with Crippen LogP contribution in [0.1, 0.15) is 28.5 Å². The van der Waals surface area contributed by atoms with Gasteiger partial charge in [-0.3, -0.25) is 4.79 Å². The van der Waals surface area contributed by atoms with Gasteiger partial charge in [0.1, 0.15) is 5.82 Å². The van der Waals surface area contributed by atoms with E-state index in [9.17, 15) is 9.18 Å². The summed E-state index contributed by atoms with van der Waals surface area (Å²) in [5.74, 6) is -1.05. The Morgan fingerprint density at radius 1 is 1.50 bits per heavy atom. The van der Waals surface area contributed by atoms with Crippen molar-refractivity contribution in [3.8, 4) is 0 Å². The highest BCUT2D eigenvalue weighted by molar-refractivity contribution is 6.06. The van der Waals surface area contributed by atoms with Crippen molar-refractivity contribution in [3.63, 3.8) is 0 Å². The Bertz CT molecular complexity index is 572. The summed E-state index contributed by atoms with van der Waals surface area (Å²) >= 11 is 0. The molecule has 0 aliphatic carbocycles. The number of primary amides is 1. The van der Waals surface area contributed by atoms with E-state index in [2.05, 4.69) is 4.98 Å². The van der Waals surface area contributed by atoms with Gasteiger partial charge in [0.2, 0.25) is 0 Å². The molecule has 1 amide bonds. The van der Waals surface area contributed by atoms with Gasteiger partial charge >= 0.3 is 0 Å². The van der Waals surface area contributed by atoms with Crippen molar-refractivity contribution in [2.24, 2.45) is 5.73 Å². The molecule has 0 bridgehead atoms. The summed E-state index contributed by atoms with van der Waals surface area (Å²) < 4.78 is 13.4. The lowest BCUT2D eigenvalue weighted by Gasteiger charge is -2.00. The molecule has 2 aromatic rings. The second kappa shape index (κ2) is 3.63. The summed E-state index contributed by atoms with van der Waals surface area (Å²) in [6.07, 6.45) is 0.785. The third-order valence-corrected chi connectivity index (χ3v) is 2.81. The number of nitrogens with two attached hydrogens (primary N) is 1. The van der Waals surface area contributed by atoms with Gasteiger partial charge in [-0.1, -0.05) is 6.92 Å². The van der Waals surface area contributed by atoms with Crippen LogP contribution in [-0.4, -0.2) is 10.9 Å². The lowest BCUT2D eigenvalue weighted by molar-refractivity contribution is 0.100. The van der Waals surface area contributed by atoms with Gasteiger partial charge in [0.05, 0.1) is 11.1 Å². The van der Waals surface area contributed by atoms with E-state index in [1.54, 1.807) is 0 Å². The maximum Gasteiger partial charge on any atom is 0.250 e. The zero-order valence-corrected chi connectivity index (χ0v) is 9.23. The topological polar surface area (TPSA) is 58.9 Å². The van der Waals surface area contributed by atoms with Gasteiger partial charge < -0.3 is 10.7 Å². The first-order valence-corrected chi connectivity index (χ1v) is 5.15. The summed E-state index contributed by atoms with van der Waals surface area (Å²) in [6.45, 7) is 3.89. The van der Waals surface area contributed by atoms with Crippen molar-refractivity contribution in [1.82, 2.24) is 4.98 Å². The number of benzene rings is 1. The summed E-state index contributed by atoms with van der Waals surface area (Å²) in [7, 11) is 0. The van der Waals surface area contributed by atoms with Crippen LogP contribution >= 0.6 is 0 Å². The van der Waals surface area contributed by atoms with E-state index in [0.29, 0.717) is 5.52 Å². The fourth-order valence-corrected chi connectivity index (χ4v) is 2.09. The van der Waals surface area contributed by atoms with Gasteiger partial charge in [0.15, 0.2) is 0 Å². The van der Waals surface area contributed by atoms with Crippen LogP contribution in [-0.2, 0) is 6.42 Å². The molecule has 2 rings (SSSR count). The number of carbonyl (C=O) groups excluding carboxylic acids is 1. The number of aryl methyl sites for hydroxylation is 2. The molecular weight excluding hydrogens is 207 g/mol. The summed E-state index contributed by atoms with van der Waals surface area (Å²) in [4.78, 5) is 14.3. The van der Waals surface area contributed by atoms with Gasteiger partial charge in [-0.25, -0.2) is 4.39 Å². The Labute approximate surface area is 92.4 Å². The smallest absolute Gasteiger partial charge is 0.250 e. The van der Waals surface area contributed by atoms with Gasteiger partial charge in [0, 0.05) is 11.1 Å². The van der Waals surface area contributed by atoms with Crippen LogP contribution in [0.15, 0.2) is 12.1 Å². The van der Waals surface area contributed by atoms with E-state index in [1.165, 1.54) is 12.1 Å². The summed E-state index contributed by atoms with van der Waals surface area (Å²) in [5.41, 5.74) is 8.03. The second-order valence-corrected chi connectivity index (χ2v) is 3.82. The van der Waals surface area contributed by atoms with Crippen molar-refractivity contribution in [2.45, 2.75) is 20.3 Å². The molecule has 84 valence electrons. The normalized spacial score (nSPS) is 10.9.